The average Bonchev–Trinajstić information content (AvgIpc) is 2.00. The van der Waals surface area contributed by atoms with E-state index in [9.17, 15) is 5.11 Å². The SMILES string of the molecule is Cc1c(O)ccc(C(=S)S)c1C. The van der Waals surface area contributed by atoms with Gasteiger partial charge in [0.15, 0.2) is 0 Å². The minimum absolute atomic E-state index is 0.306. The highest BCUT2D eigenvalue weighted by Gasteiger charge is 2.06. The lowest BCUT2D eigenvalue weighted by molar-refractivity contribution is 0.470. The molecule has 0 aliphatic carbocycles. The molecule has 0 atom stereocenters. The van der Waals surface area contributed by atoms with Gasteiger partial charge < -0.3 is 5.11 Å². The van der Waals surface area contributed by atoms with Crippen molar-refractivity contribution < 1.29 is 5.11 Å². The van der Waals surface area contributed by atoms with Crippen LogP contribution in [0, 0.1) is 13.8 Å². The highest BCUT2D eigenvalue weighted by molar-refractivity contribution is 8.11. The van der Waals surface area contributed by atoms with E-state index in [0.717, 1.165) is 16.7 Å². The Morgan fingerprint density at radius 1 is 1.33 bits per heavy atom. The van der Waals surface area contributed by atoms with Crippen LogP contribution in [-0.2, 0) is 0 Å². The number of hydrogen-bond acceptors (Lipinski definition) is 2. The van der Waals surface area contributed by atoms with Crippen LogP contribution < -0.4 is 0 Å². The van der Waals surface area contributed by atoms with E-state index in [1.54, 1.807) is 12.1 Å². The predicted molar refractivity (Wildman–Crippen MR) is 58.3 cm³/mol. The maximum absolute atomic E-state index is 9.34. The molecule has 1 rings (SSSR count). The summed E-state index contributed by atoms with van der Waals surface area (Å²) < 4.78 is 0.565. The molecule has 0 bridgehead atoms. The molecule has 0 radical (unpaired) electrons. The normalized spacial score (nSPS) is 9.92. The van der Waals surface area contributed by atoms with Crippen molar-refractivity contribution in [3.05, 3.63) is 28.8 Å². The maximum Gasteiger partial charge on any atom is 0.118 e. The fraction of sp³-hybridized carbons (Fsp3) is 0.222. The first kappa shape index (κ1) is 9.55. The number of phenolic OH excluding ortho intramolecular Hbond substituents is 1. The number of benzene rings is 1. The predicted octanol–water partition coefficient (Wildman–Crippen LogP) is 2.61. The molecule has 0 aliphatic rings. The third kappa shape index (κ3) is 1.62. The first-order valence-electron chi connectivity index (χ1n) is 3.56. The molecule has 64 valence electrons. The molecule has 0 fully saturated rings. The fourth-order valence-electron chi connectivity index (χ4n) is 1.04. The van der Waals surface area contributed by atoms with Crippen LogP contribution in [-0.4, -0.2) is 9.30 Å². The van der Waals surface area contributed by atoms with Crippen LogP contribution in [0.15, 0.2) is 12.1 Å². The third-order valence-electron chi connectivity index (χ3n) is 1.99. The van der Waals surface area contributed by atoms with E-state index in [1.165, 1.54) is 0 Å². The Kier molecular flexibility index (Phi) is 2.75. The summed E-state index contributed by atoms with van der Waals surface area (Å²) in [7, 11) is 0. The van der Waals surface area contributed by atoms with Gasteiger partial charge in [0.1, 0.15) is 5.75 Å². The van der Waals surface area contributed by atoms with Gasteiger partial charge in [-0.15, -0.1) is 12.6 Å². The lowest BCUT2D eigenvalue weighted by Crippen LogP contribution is -1.94. The van der Waals surface area contributed by atoms with Crippen molar-refractivity contribution in [2.24, 2.45) is 0 Å². The van der Waals surface area contributed by atoms with Crippen molar-refractivity contribution in [3.63, 3.8) is 0 Å². The lowest BCUT2D eigenvalue weighted by atomic mass is 10.0. The minimum Gasteiger partial charge on any atom is -0.508 e. The zero-order chi connectivity index (χ0) is 9.30. The Morgan fingerprint density at radius 3 is 2.42 bits per heavy atom. The Balaban J connectivity index is 3.36. The topological polar surface area (TPSA) is 20.2 Å². The molecule has 1 N–H and O–H groups in total. The van der Waals surface area contributed by atoms with Gasteiger partial charge in [-0.1, -0.05) is 12.2 Å². The molecule has 1 nitrogen and oxygen atoms in total. The zero-order valence-corrected chi connectivity index (χ0v) is 8.67. The van der Waals surface area contributed by atoms with Crippen LogP contribution in [0.5, 0.6) is 5.75 Å². The van der Waals surface area contributed by atoms with Gasteiger partial charge in [0.05, 0.1) is 4.20 Å². The molecular weight excluding hydrogens is 188 g/mol. The van der Waals surface area contributed by atoms with Gasteiger partial charge in [-0.3, -0.25) is 0 Å². The molecule has 0 saturated carbocycles. The lowest BCUT2D eigenvalue weighted by Gasteiger charge is -2.07. The fourth-order valence-corrected chi connectivity index (χ4v) is 1.50. The molecule has 0 amide bonds. The number of hydrogen-bond donors (Lipinski definition) is 2. The van der Waals surface area contributed by atoms with Crippen LogP contribution in [0.3, 0.4) is 0 Å². The Bertz CT molecular complexity index is 332. The maximum atomic E-state index is 9.34. The molecule has 1 aromatic rings. The summed E-state index contributed by atoms with van der Waals surface area (Å²) in [6.07, 6.45) is 0. The minimum atomic E-state index is 0.306. The van der Waals surface area contributed by atoms with E-state index in [0.29, 0.717) is 9.95 Å². The number of aromatic hydroxyl groups is 1. The van der Waals surface area contributed by atoms with Crippen LogP contribution >= 0.6 is 24.8 Å². The highest BCUT2D eigenvalue weighted by atomic mass is 32.1. The molecule has 3 heteroatoms. The molecule has 0 aromatic heterocycles. The summed E-state index contributed by atoms with van der Waals surface area (Å²) in [6, 6.07) is 3.42. The van der Waals surface area contributed by atoms with Crippen LogP contribution in [0.2, 0.25) is 0 Å². The van der Waals surface area contributed by atoms with E-state index in [-0.39, 0.29) is 0 Å². The zero-order valence-electron chi connectivity index (χ0n) is 6.96. The van der Waals surface area contributed by atoms with Crippen molar-refractivity contribution >= 4 is 29.0 Å². The molecule has 0 saturated heterocycles. The summed E-state index contributed by atoms with van der Waals surface area (Å²) in [4.78, 5) is 0. The molecular formula is C9H10OS2. The monoisotopic (exact) mass is 198 g/mol. The number of thiol groups is 1. The summed E-state index contributed by atoms with van der Waals surface area (Å²) >= 11 is 9.02. The van der Waals surface area contributed by atoms with E-state index in [4.69, 9.17) is 12.2 Å². The van der Waals surface area contributed by atoms with Crippen molar-refractivity contribution in [1.82, 2.24) is 0 Å². The van der Waals surface area contributed by atoms with Gasteiger partial charge in [0.2, 0.25) is 0 Å². The van der Waals surface area contributed by atoms with Gasteiger partial charge >= 0.3 is 0 Å². The van der Waals surface area contributed by atoms with Crippen molar-refractivity contribution in [2.75, 3.05) is 0 Å². The summed E-state index contributed by atoms with van der Waals surface area (Å²) in [5, 5.41) is 9.34. The van der Waals surface area contributed by atoms with Gasteiger partial charge in [-0.05, 0) is 37.1 Å². The van der Waals surface area contributed by atoms with Crippen molar-refractivity contribution in [3.8, 4) is 5.75 Å². The van der Waals surface area contributed by atoms with Crippen LogP contribution in [0.1, 0.15) is 16.7 Å². The van der Waals surface area contributed by atoms with Crippen molar-refractivity contribution in [2.45, 2.75) is 13.8 Å². The van der Waals surface area contributed by atoms with Crippen LogP contribution in [0.25, 0.3) is 0 Å². The molecule has 0 aliphatic heterocycles. The summed E-state index contributed by atoms with van der Waals surface area (Å²) in [6.45, 7) is 3.78. The highest BCUT2D eigenvalue weighted by Crippen LogP contribution is 2.23. The third-order valence-corrected chi connectivity index (χ3v) is 2.45. The van der Waals surface area contributed by atoms with Gasteiger partial charge in [0, 0.05) is 5.56 Å². The van der Waals surface area contributed by atoms with E-state index < -0.39 is 0 Å². The van der Waals surface area contributed by atoms with Crippen LogP contribution in [0.4, 0.5) is 0 Å². The van der Waals surface area contributed by atoms with Gasteiger partial charge in [-0.2, -0.15) is 0 Å². The standard InChI is InChI=1S/C9H10OS2/c1-5-6(2)8(10)4-3-7(5)9(11)12/h3-4,10H,1-2H3,(H,11,12). The van der Waals surface area contributed by atoms with E-state index in [2.05, 4.69) is 12.6 Å². The van der Waals surface area contributed by atoms with Crippen molar-refractivity contribution in [1.29, 1.82) is 0 Å². The quantitative estimate of drug-likeness (QED) is 0.534. The summed E-state index contributed by atoms with van der Waals surface area (Å²) in [5.41, 5.74) is 2.78. The second kappa shape index (κ2) is 3.46. The Hall–Kier alpha value is -0.540. The first-order chi connectivity index (χ1) is 5.54. The molecule has 0 heterocycles. The smallest absolute Gasteiger partial charge is 0.118 e. The number of rotatable bonds is 1. The molecule has 1 aromatic carbocycles. The second-order valence-electron chi connectivity index (χ2n) is 2.69. The molecule has 12 heavy (non-hydrogen) atoms. The summed E-state index contributed by atoms with van der Waals surface area (Å²) in [5.74, 6) is 0.306. The number of thiocarbonyl (C=S) groups is 1. The van der Waals surface area contributed by atoms with E-state index in [1.807, 2.05) is 13.8 Å². The largest absolute Gasteiger partial charge is 0.508 e. The second-order valence-corrected chi connectivity index (χ2v) is 3.85. The van der Waals surface area contributed by atoms with Gasteiger partial charge in [0.25, 0.3) is 0 Å². The van der Waals surface area contributed by atoms with Gasteiger partial charge in [-0.25, -0.2) is 0 Å². The average molecular weight is 198 g/mol. The molecule has 0 unspecified atom stereocenters. The Morgan fingerprint density at radius 2 is 1.92 bits per heavy atom. The first-order valence-corrected chi connectivity index (χ1v) is 4.42. The molecule has 0 spiro atoms. The van der Waals surface area contributed by atoms with E-state index >= 15 is 0 Å². The Labute approximate surface area is 82.8 Å². The number of phenols is 1.